The standard InChI is InChI=1S/C28H32ClFN2O2.2ClH/c1-2-33-27-17-23(16-26(29)28(27)34-20-22-8-10-24(30)11-9-22)18-31-25-12-14-32(15-13-25)19-21-6-4-3-5-7-21;;/h3-11,16-17,25,31H,2,12-15,18-20H2,1H3;2*1H. The van der Waals surface area contributed by atoms with E-state index >= 15 is 0 Å². The first-order valence-corrected chi connectivity index (χ1v) is 12.3. The van der Waals surface area contributed by atoms with Crippen molar-refractivity contribution in [3.05, 3.63) is 94.3 Å². The molecule has 0 aromatic heterocycles. The first-order valence-electron chi connectivity index (χ1n) is 11.9. The molecule has 3 aromatic carbocycles. The average Bonchev–Trinajstić information content (AvgIpc) is 2.85. The molecule has 1 saturated heterocycles. The number of likely N-dealkylation sites (tertiary alicyclic amines) is 1. The maximum Gasteiger partial charge on any atom is 0.180 e. The van der Waals surface area contributed by atoms with Crippen LogP contribution in [0.2, 0.25) is 5.02 Å². The lowest BCUT2D eigenvalue weighted by Gasteiger charge is -2.32. The van der Waals surface area contributed by atoms with Crippen LogP contribution in [-0.2, 0) is 19.7 Å². The molecule has 0 spiro atoms. The molecule has 1 aliphatic rings. The Balaban J connectivity index is 0.00000228. The lowest BCUT2D eigenvalue weighted by molar-refractivity contribution is 0.190. The Kier molecular flexibility index (Phi) is 12.8. The summed E-state index contributed by atoms with van der Waals surface area (Å²) < 4.78 is 24.9. The second kappa shape index (κ2) is 15.3. The zero-order valence-electron chi connectivity index (χ0n) is 20.4. The Hall–Kier alpha value is -2.02. The van der Waals surface area contributed by atoms with Gasteiger partial charge in [-0.2, -0.15) is 0 Å². The number of rotatable bonds is 10. The first-order chi connectivity index (χ1) is 16.6. The van der Waals surface area contributed by atoms with Crippen molar-refractivity contribution in [3.63, 3.8) is 0 Å². The van der Waals surface area contributed by atoms with E-state index in [0.29, 0.717) is 35.8 Å². The van der Waals surface area contributed by atoms with Gasteiger partial charge in [0.25, 0.3) is 0 Å². The van der Waals surface area contributed by atoms with E-state index in [4.69, 9.17) is 21.1 Å². The highest BCUT2D eigenvalue weighted by atomic mass is 35.5. The molecule has 8 heteroatoms. The molecule has 0 aliphatic carbocycles. The fraction of sp³-hybridized carbons (Fsp3) is 0.357. The van der Waals surface area contributed by atoms with Gasteiger partial charge < -0.3 is 14.8 Å². The van der Waals surface area contributed by atoms with Gasteiger partial charge >= 0.3 is 0 Å². The van der Waals surface area contributed by atoms with Crippen LogP contribution in [0.4, 0.5) is 4.39 Å². The predicted molar refractivity (Wildman–Crippen MR) is 149 cm³/mol. The molecular formula is C28H34Cl3FN2O2. The molecule has 4 rings (SSSR count). The third-order valence-electron chi connectivity index (χ3n) is 6.10. The summed E-state index contributed by atoms with van der Waals surface area (Å²) >= 11 is 6.58. The molecule has 36 heavy (non-hydrogen) atoms. The van der Waals surface area contributed by atoms with Crippen molar-refractivity contribution in [1.82, 2.24) is 10.2 Å². The van der Waals surface area contributed by atoms with Gasteiger partial charge in [-0.1, -0.05) is 54.1 Å². The van der Waals surface area contributed by atoms with Gasteiger partial charge in [-0.15, -0.1) is 24.8 Å². The molecule has 3 aromatic rings. The highest BCUT2D eigenvalue weighted by Gasteiger charge is 2.19. The molecule has 0 saturated carbocycles. The van der Waals surface area contributed by atoms with Crippen LogP contribution in [-0.4, -0.2) is 30.6 Å². The molecule has 1 aliphatic heterocycles. The SMILES string of the molecule is CCOc1cc(CNC2CCN(Cc3ccccc3)CC2)cc(Cl)c1OCc1ccc(F)cc1.Cl.Cl. The van der Waals surface area contributed by atoms with E-state index in [9.17, 15) is 4.39 Å². The Morgan fingerprint density at radius 1 is 0.917 bits per heavy atom. The number of piperidine rings is 1. The minimum atomic E-state index is -0.268. The van der Waals surface area contributed by atoms with Crippen LogP contribution in [0.1, 0.15) is 36.5 Å². The third kappa shape index (κ3) is 8.82. The third-order valence-corrected chi connectivity index (χ3v) is 6.38. The average molecular weight is 556 g/mol. The lowest BCUT2D eigenvalue weighted by atomic mass is 10.0. The second-order valence-electron chi connectivity index (χ2n) is 8.67. The van der Waals surface area contributed by atoms with Gasteiger partial charge in [-0.3, -0.25) is 4.90 Å². The molecule has 1 heterocycles. The summed E-state index contributed by atoms with van der Waals surface area (Å²) in [4.78, 5) is 2.52. The molecular weight excluding hydrogens is 522 g/mol. The number of nitrogens with zero attached hydrogens (tertiary/aromatic N) is 1. The number of nitrogens with one attached hydrogen (secondary N) is 1. The maximum absolute atomic E-state index is 13.1. The number of benzene rings is 3. The van der Waals surface area contributed by atoms with Crippen molar-refractivity contribution in [1.29, 1.82) is 0 Å². The molecule has 0 bridgehead atoms. The predicted octanol–water partition coefficient (Wildman–Crippen LogP) is 7.05. The number of hydrogen-bond donors (Lipinski definition) is 1. The normalized spacial score (nSPS) is 14.0. The zero-order chi connectivity index (χ0) is 23.8. The first kappa shape index (κ1) is 30.2. The van der Waals surface area contributed by atoms with E-state index in [1.54, 1.807) is 12.1 Å². The monoisotopic (exact) mass is 554 g/mol. The van der Waals surface area contributed by atoms with E-state index in [1.807, 2.05) is 19.1 Å². The van der Waals surface area contributed by atoms with Gasteiger partial charge in [-0.25, -0.2) is 4.39 Å². The molecule has 1 N–H and O–H groups in total. The topological polar surface area (TPSA) is 33.7 Å². The molecule has 196 valence electrons. The van der Waals surface area contributed by atoms with Crippen LogP contribution in [0.3, 0.4) is 0 Å². The van der Waals surface area contributed by atoms with Gasteiger partial charge in [0.15, 0.2) is 11.5 Å². The van der Waals surface area contributed by atoms with Crippen molar-refractivity contribution in [2.75, 3.05) is 19.7 Å². The Morgan fingerprint density at radius 2 is 1.61 bits per heavy atom. The van der Waals surface area contributed by atoms with Crippen LogP contribution >= 0.6 is 36.4 Å². The Labute approximate surface area is 231 Å². The quantitative estimate of drug-likeness (QED) is 0.290. The summed E-state index contributed by atoms with van der Waals surface area (Å²) in [5, 5.41) is 4.20. The lowest BCUT2D eigenvalue weighted by Crippen LogP contribution is -2.41. The summed E-state index contributed by atoms with van der Waals surface area (Å²) in [6, 6.07) is 21.3. The minimum Gasteiger partial charge on any atom is -0.490 e. The fourth-order valence-corrected chi connectivity index (χ4v) is 4.55. The van der Waals surface area contributed by atoms with Crippen LogP contribution in [0, 0.1) is 5.82 Å². The van der Waals surface area contributed by atoms with Crippen molar-refractivity contribution in [2.24, 2.45) is 0 Å². The van der Waals surface area contributed by atoms with E-state index in [1.165, 1.54) is 17.7 Å². The number of ether oxygens (including phenoxy) is 2. The van der Waals surface area contributed by atoms with Crippen LogP contribution in [0.15, 0.2) is 66.7 Å². The number of hydrogen-bond acceptors (Lipinski definition) is 4. The van der Waals surface area contributed by atoms with Gasteiger partial charge in [0.2, 0.25) is 0 Å². The largest absolute Gasteiger partial charge is 0.490 e. The van der Waals surface area contributed by atoms with Crippen LogP contribution in [0.25, 0.3) is 0 Å². The summed E-state index contributed by atoms with van der Waals surface area (Å²) in [6.07, 6.45) is 2.25. The molecule has 0 radical (unpaired) electrons. The highest BCUT2D eigenvalue weighted by Crippen LogP contribution is 2.37. The van der Waals surface area contributed by atoms with E-state index < -0.39 is 0 Å². The molecule has 4 nitrogen and oxygen atoms in total. The van der Waals surface area contributed by atoms with Gasteiger partial charge in [0.1, 0.15) is 12.4 Å². The molecule has 0 amide bonds. The van der Waals surface area contributed by atoms with E-state index in [-0.39, 0.29) is 30.6 Å². The smallest absolute Gasteiger partial charge is 0.180 e. The fourth-order valence-electron chi connectivity index (χ4n) is 4.26. The van der Waals surface area contributed by atoms with E-state index in [2.05, 4.69) is 40.5 Å². The maximum atomic E-state index is 13.1. The van der Waals surface area contributed by atoms with E-state index in [0.717, 1.165) is 50.1 Å². The van der Waals surface area contributed by atoms with Gasteiger partial charge in [-0.05, 0) is 73.8 Å². The second-order valence-corrected chi connectivity index (χ2v) is 9.08. The Bertz CT molecular complexity index is 1050. The molecule has 0 unspecified atom stereocenters. The molecule has 1 fully saturated rings. The summed E-state index contributed by atoms with van der Waals surface area (Å²) in [5.74, 6) is 0.882. The van der Waals surface area contributed by atoms with Crippen molar-refractivity contribution < 1.29 is 13.9 Å². The van der Waals surface area contributed by atoms with Gasteiger partial charge in [0.05, 0.1) is 11.6 Å². The number of halogens is 4. The zero-order valence-corrected chi connectivity index (χ0v) is 22.8. The van der Waals surface area contributed by atoms with Crippen molar-refractivity contribution >= 4 is 36.4 Å². The summed E-state index contributed by atoms with van der Waals surface area (Å²) in [6.45, 7) is 6.66. The van der Waals surface area contributed by atoms with Gasteiger partial charge in [0, 0.05) is 19.1 Å². The highest BCUT2D eigenvalue weighted by molar-refractivity contribution is 6.32. The van der Waals surface area contributed by atoms with Crippen molar-refractivity contribution in [2.45, 2.75) is 45.5 Å². The summed E-state index contributed by atoms with van der Waals surface area (Å²) in [5.41, 5.74) is 3.30. The molecule has 0 atom stereocenters. The van der Waals surface area contributed by atoms with Crippen molar-refractivity contribution in [3.8, 4) is 11.5 Å². The minimum absolute atomic E-state index is 0. The summed E-state index contributed by atoms with van der Waals surface area (Å²) in [7, 11) is 0. The van der Waals surface area contributed by atoms with Crippen LogP contribution in [0.5, 0.6) is 11.5 Å². The Morgan fingerprint density at radius 3 is 2.28 bits per heavy atom. The van der Waals surface area contributed by atoms with Crippen LogP contribution < -0.4 is 14.8 Å².